The molecule has 6 heteroatoms. The predicted octanol–water partition coefficient (Wildman–Crippen LogP) is 2.30. The van der Waals surface area contributed by atoms with Crippen LogP contribution in [0.15, 0.2) is 17.3 Å². The first kappa shape index (κ1) is 13.3. The molecule has 88 valence electrons. The molecule has 1 rings (SSSR count). The zero-order valence-corrected chi connectivity index (χ0v) is 10.3. The highest BCUT2D eigenvalue weighted by atomic mass is 35.5. The van der Waals surface area contributed by atoms with Crippen LogP contribution in [0.3, 0.4) is 0 Å². The number of pyridine rings is 1. The second kappa shape index (κ2) is 6.08. The Morgan fingerprint density at radius 3 is 2.94 bits per heavy atom. The number of halogens is 1. The lowest BCUT2D eigenvalue weighted by Gasteiger charge is -2.09. The fourth-order valence-corrected chi connectivity index (χ4v) is 2.21. The second-order valence-corrected chi connectivity index (χ2v) is 5.11. The zero-order chi connectivity index (χ0) is 12.1. The van der Waals surface area contributed by atoms with E-state index < -0.39 is 5.97 Å². The molecule has 0 radical (unpaired) electrons. The number of aliphatic hydroxyl groups excluding tert-OH is 1. The summed E-state index contributed by atoms with van der Waals surface area (Å²) in [5, 5.41) is 18.5. The van der Waals surface area contributed by atoms with Gasteiger partial charge in [0.25, 0.3) is 0 Å². The minimum absolute atomic E-state index is 0.0513. The van der Waals surface area contributed by atoms with Crippen LogP contribution >= 0.6 is 23.4 Å². The number of aromatic nitrogens is 1. The molecular formula is C10H12ClNO3S. The molecule has 0 aliphatic carbocycles. The van der Waals surface area contributed by atoms with E-state index in [9.17, 15) is 4.79 Å². The molecule has 1 unspecified atom stereocenters. The van der Waals surface area contributed by atoms with Crippen molar-refractivity contribution in [3.8, 4) is 0 Å². The monoisotopic (exact) mass is 261 g/mol. The Labute approximate surface area is 103 Å². The molecule has 4 nitrogen and oxygen atoms in total. The molecular weight excluding hydrogens is 250 g/mol. The van der Waals surface area contributed by atoms with E-state index >= 15 is 0 Å². The van der Waals surface area contributed by atoms with E-state index in [2.05, 4.69) is 4.98 Å². The van der Waals surface area contributed by atoms with Crippen molar-refractivity contribution in [2.75, 3.05) is 6.61 Å². The minimum Gasteiger partial charge on any atom is -0.478 e. The van der Waals surface area contributed by atoms with Crippen molar-refractivity contribution < 1.29 is 15.0 Å². The molecule has 0 fully saturated rings. The number of carboxylic acids is 1. The predicted molar refractivity (Wildman–Crippen MR) is 63.2 cm³/mol. The summed E-state index contributed by atoms with van der Waals surface area (Å²) >= 11 is 7.11. The maximum atomic E-state index is 10.8. The van der Waals surface area contributed by atoms with Gasteiger partial charge in [-0.1, -0.05) is 18.5 Å². The van der Waals surface area contributed by atoms with Gasteiger partial charge in [0.2, 0.25) is 0 Å². The van der Waals surface area contributed by atoms with E-state index in [4.69, 9.17) is 21.8 Å². The zero-order valence-electron chi connectivity index (χ0n) is 8.68. The van der Waals surface area contributed by atoms with Crippen molar-refractivity contribution in [2.24, 2.45) is 0 Å². The van der Waals surface area contributed by atoms with Gasteiger partial charge < -0.3 is 10.2 Å². The molecule has 0 amide bonds. The standard InChI is InChI=1S/C10H12ClNO3S/c1-6(2-3-13)16-9-4-7(10(14)15)8(11)5-12-9/h4-6,13H,2-3H2,1H3,(H,14,15). The third kappa shape index (κ3) is 3.66. The number of aromatic carboxylic acids is 1. The summed E-state index contributed by atoms with van der Waals surface area (Å²) in [5.41, 5.74) is 0.0513. The van der Waals surface area contributed by atoms with Gasteiger partial charge in [-0.05, 0) is 12.5 Å². The third-order valence-corrected chi connectivity index (χ3v) is 3.32. The van der Waals surface area contributed by atoms with Crippen LogP contribution in [0, 0.1) is 0 Å². The first-order valence-corrected chi connectivity index (χ1v) is 5.96. The highest BCUT2D eigenvalue weighted by Gasteiger charge is 2.12. The molecule has 1 atom stereocenters. The Bertz CT molecular complexity index is 386. The van der Waals surface area contributed by atoms with Crippen LogP contribution in [0.1, 0.15) is 23.7 Å². The summed E-state index contributed by atoms with van der Waals surface area (Å²) in [6.45, 7) is 2.05. The Hall–Kier alpha value is -0.780. The average Bonchev–Trinajstić information content (AvgIpc) is 2.21. The van der Waals surface area contributed by atoms with E-state index in [0.717, 1.165) is 0 Å². The summed E-state index contributed by atoms with van der Waals surface area (Å²) in [6, 6.07) is 1.45. The molecule has 0 aromatic carbocycles. The van der Waals surface area contributed by atoms with Gasteiger partial charge in [0.15, 0.2) is 0 Å². The van der Waals surface area contributed by atoms with Gasteiger partial charge in [-0.15, -0.1) is 11.8 Å². The molecule has 16 heavy (non-hydrogen) atoms. The van der Waals surface area contributed by atoms with Crippen molar-refractivity contribution in [3.05, 3.63) is 22.8 Å². The summed E-state index contributed by atoms with van der Waals surface area (Å²) in [5.74, 6) is -1.07. The molecule has 0 saturated heterocycles. The van der Waals surface area contributed by atoms with Crippen LogP contribution in [0.25, 0.3) is 0 Å². The number of carbonyl (C=O) groups is 1. The topological polar surface area (TPSA) is 70.4 Å². The number of rotatable bonds is 5. The van der Waals surface area contributed by atoms with Crippen LogP contribution in [-0.2, 0) is 0 Å². The molecule has 0 saturated carbocycles. The lowest BCUT2D eigenvalue weighted by molar-refractivity contribution is 0.0696. The summed E-state index contributed by atoms with van der Waals surface area (Å²) < 4.78 is 0. The van der Waals surface area contributed by atoms with Gasteiger partial charge >= 0.3 is 5.97 Å². The molecule has 2 N–H and O–H groups in total. The Kier molecular flexibility index (Phi) is 5.05. The largest absolute Gasteiger partial charge is 0.478 e. The molecule has 1 aromatic rings. The maximum Gasteiger partial charge on any atom is 0.337 e. The Morgan fingerprint density at radius 1 is 1.69 bits per heavy atom. The summed E-state index contributed by atoms with van der Waals surface area (Å²) in [7, 11) is 0. The van der Waals surface area contributed by atoms with E-state index in [1.165, 1.54) is 24.0 Å². The van der Waals surface area contributed by atoms with Crippen LogP contribution in [0.2, 0.25) is 5.02 Å². The fraction of sp³-hybridized carbons (Fsp3) is 0.400. The number of nitrogens with zero attached hydrogens (tertiary/aromatic N) is 1. The normalized spacial score (nSPS) is 12.4. The van der Waals surface area contributed by atoms with Gasteiger partial charge in [0.1, 0.15) is 0 Å². The number of hydrogen-bond acceptors (Lipinski definition) is 4. The quantitative estimate of drug-likeness (QED) is 0.796. The van der Waals surface area contributed by atoms with Gasteiger partial charge in [-0.3, -0.25) is 0 Å². The third-order valence-electron chi connectivity index (χ3n) is 1.92. The Morgan fingerprint density at radius 2 is 2.38 bits per heavy atom. The highest BCUT2D eigenvalue weighted by Crippen LogP contribution is 2.26. The SMILES string of the molecule is CC(CCO)Sc1cc(C(=O)O)c(Cl)cn1. The number of aliphatic hydroxyl groups is 1. The van der Waals surface area contributed by atoms with Gasteiger partial charge in [0.05, 0.1) is 15.6 Å². The Balaban J connectivity index is 2.82. The average molecular weight is 262 g/mol. The summed E-state index contributed by atoms with van der Waals surface area (Å²) in [4.78, 5) is 14.9. The lowest BCUT2D eigenvalue weighted by atomic mass is 10.3. The van der Waals surface area contributed by atoms with Crippen molar-refractivity contribution >= 4 is 29.3 Å². The first-order valence-electron chi connectivity index (χ1n) is 4.71. The van der Waals surface area contributed by atoms with E-state index in [1.807, 2.05) is 6.92 Å². The van der Waals surface area contributed by atoms with Crippen molar-refractivity contribution in [2.45, 2.75) is 23.6 Å². The van der Waals surface area contributed by atoms with Crippen LogP contribution in [-0.4, -0.2) is 33.0 Å². The van der Waals surface area contributed by atoms with E-state index in [-0.39, 0.29) is 22.4 Å². The van der Waals surface area contributed by atoms with Crippen LogP contribution < -0.4 is 0 Å². The van der Waals surface area contributed by atoms with Gasteiger partial charge in [0, 0.05) is 18.1 Å². The molecule has 1 heterocycles. The van der Waals surface area contributed by atoms with Crippen LogP contribution in [0.5, 0.6) is 0 Å². The number of hydrogen-bond donors (Lipinski definition) is 2. The lowest BCUT2D eigenvalue weighted by Crippen LogP contribution is -2.02. The van der Waals surface area contributed by atoms with Gasteiger partial charge in [-0.25, -0.2) is 9.78 Å². The molecule has 0 aliphatic rings. The molecule has 0 spiro atoms. The number of carboxylic acid groups (broad SMARTS) is 1. The molecule has 0 aliphatic heterocycles. The molecule has 0 bridgehead atoms. The van der Waals surface area contributed by atoms with Crippen molar-refractivity contribution in [3.63, 3.8) is 0 Å². The minimum atomic E-state index is -1.07. The van der Waals surface area contributed by atoms with Gasteiger partial charge in [-0.2, -0.15) is 0 Å². The van der Waals surface area contributed by atoms with E-state index in [0.29, 0.717) is 11.4 Å². The first-order chi connectivity index (χ1) is 7.54. The van der Waals surface area contributed by atoms with Crippen molar-refractivity contribution in [1.82, 2.24) is 4.98 Å². The van der Waals surface area contributed by atoms with Crippen molar-refractivity contribution in [1.29, 1.82) is 0 Å². The highest BCUT2D eigenvalue weighted by molar-refractivity contribution is 7.99. The number of thioether (sulfide) groups is 1. The molecule has 1 aromatic heterocycles. The summed E-state index contributed by atoms with van der Waals surface area (Å²) in [6.07, 6.45) is 1.97. The smallest absolute Gasteiger partial charge is 0.337 e. The second-order valence-electron chi connectivity index (χ2n) is 3.25. The maximum absolute atomic E-state index is 10.8. The fourth-order valence-electron chi connectivity index (χ4n) is 1.09. The van der Waals surface area contributed by atoms with E-state index in [1.54, 1.807) is 0 Å². The van der Waals surface area contributed by atoms with Crippen LogP contribution in [0.4, 0.5) is 0 Å².